The van der Waals surface area contributed by atoms with E-state index < -0.39 is 0 Å². The highest BCUT2D eigenvalue weighted by molar-refractivity contribution is 6.28. The Morgan fingerprint density at radius 2 is 2.05 bits per heavy atom. The van der Waals surface area contributed by atoms with Gasteiger partial charge in [0.15, 0.2) is 0 Å². The van der Waals surface area contributed by atoms with E-state index in [1.54, 1.807) is 11.1 Å². The Morgan fingerprint density at radius 1 is 1.26 bits per heavy atom. The molecule has 1 N–H and O–H groups in total. The molecule has 0 saturated heterocycles. The first kappa shape index (κ1) is 13.5. The number of hydrogen-bond acceptors (Lipinski definition) is 6. The number of rotatable bonds is 4. The monoisotopic (exact) mass is 278 g/mol. The lowest BCUT2D eigenvalue weighted by Crippen LogP contribution is -2.15. The van der Waals surface area contributed by atoms with Crippen LogP contribution in [0.1, 0.15) is 11.1 Å². The van der Waals surface area contributed by atoms with E-state index in [9.17, 15) is 0 Å². The molecule has 19 heavy (non-hydrogen) atoms. The van der Waals surface area contributed by atoms with Crippen molar-refractivity contribution in [1.82, 2.24) is 19.9 Å². The first-order valence-electron chi connectivity index (χ1n) is 5.78. The van der Waals surface area contributed by atoms with Crippen molar-refractivity contribution in [3.63, 3.8) is 0 Å². The predicted molar refractivity (Wildman–Crippen MR) is 75.5 cm³/mol. The molecule has 0 atom stereocenters. The Balaban J connectivity index is 2.14. The summed E-state index contributed by atoms with van der Waals surface area (Å²) in [6.45, 7) is 2.62. The number of nitrogens with one attached hydrogen (secondary N) is 1. The number of anilines is 2. The van der Waals surface area contributed by atoms with Gasteiger partial charge >= 0.3 is 0 Å². The number of pyridine rings is 1. The molecule has 7 heteroatoms. The van der Waals surface area contributed by atoms with Crippen molar-refractivity contribution >= 4 is 23.5 Å². The minimum absolute atomic E-state index is 0.170. The molecule has 2 heterocycles. The van der Waals surface area contributed by atoms with Crippen molar-refractivity contribution in [1.29, 1.82) is 0 Å². The van der Waals surface area contributed by atoms with Gasteiger partial charge in [-0.05, 0) is 35.7 Å². The van der Waals surface area contributed by atoms with Gasteiger partial charge < -0.3 is 10.2 Å². The molecule has 2 aromatic rings. The molecule has 0 saturated carbocycles. The lowest BCUT2D eigenvalue weighted by atomic mass is 10.2. The largest absolute Gasteiger partial charge is 0.350 e. The summed E-state index contributed by atoms with van der Waals surface area (Å²) in [4.78, 5) is 18.2. The Bertz CT molecular complexity index is 572. The van der Waals surface area contributed by atoms with Gasteiger partial charge in [0.2, 0.25) is 17.2 Å². The van der Waals surface area contributed by atoms with Crippen LogP contribution in [0.25, 0.3) is 0 Å². The van der Waals surface area contributed by atoms with Gasteiger partial charge in [-0.25, -0.2) is 0 Å². The van der Waals surface area contributed by atoms with Crippen LogP contribution in [-0.2, 0) is 6.54 Å². The lowest BCUT2D eigenvalue weighted by Gasteiger charge is -2.12. The van der Waals surface area contributed by atoms with E-state index in [1.807, 2.05) is 33.3 Å². The van der Waals surface area contributed by atoms with Gasteiger partial charge in [-0.3, -0.25) is 4.98 Å². The fourth-order valence-electron chi connectivity index (χ4n) is 1.47. The second-order valence-corrected chi connectivity index (χ2v) is 4.62. The summed E-state index contributed by atoms with van der Waals surface area (Å²) in [5.74, 6) is 0.970. The van der Waals surface area contributed by atoms with Crippen LogP contribution in [0.4, 0.5) is 11.9 Å². The average molecular weight is 279 g/mol. The van der Waals surface area contributed by atoms with E-state index >= 15 is 0 Å². The second-order valence-electron chi connectivity index (χ2n) is 4.28. The van der Waals surface area contributed by atoms with Crippen LogP contribution in [-0.4, -0.2) is 34.0 Å². The molecule has 0 unspecified atom stereocenters. The molecule has 0 aliphatic rings. The molecule has 100 valence electrons. The summed E-state index contributed by atoms with van der Waals surface area (Å²) in [6.07, 6.45) is 3.58. The van der Waals surface area contributed by atoms with Gasteiger partial charge in [-0.2, -0.15) is 15.0 Å². The zero-order valence-electron chi connectivity index (χ0n) is 11.1. The van der Waals surface area contributed by atoms with Crippen LogP contribution in [0.2, 0.25) is 5.28 Å². The molecular weight excluding hydrogens is 264 g/mol. The highest BCUT2D eigenvalue weighted by Crippen LogP contribution is 2.13. The second kappa shape index (κ2) is 5.79. The molecule has 0 radical (unpaired) electrons. The highest BCUT2D eigenvalue weighted by atomic mass is 35.5. The van der Waals surface area contributed by atoms with Crippen molar-refractivity contribution in [3.8, 4) is 0 Å². The maximum absolute atomic E-state index is 5.87. The van der Waals surface area contributed by atoms with Crippen LogP contribution in [0, 0.1) is 6.92 Å². The SMILES string of the molecule is Cc1ccncc1CNc1nc(Cl)nc(N(C)C)n1. The molecular formula is C12H15ClN6. The summed E-state index contributed by atoms with van der Waals surface area (Å²) in [7, 11) is 3.70. The maximum Gasteiger partial charge on any atom is 0.230 e. The third kappa shape index (κ3) is 3.51. The average Bonchev–Trinajstić information content (AvgIpc) is 2.37. The zero-order valence-corrected chi connectivity index (χ0v) is 11.8. The van der Waals surface area contributed by atoms with Crippen molar-refractivity contribution in [3.05, 3.63) is 34.9 Å². The fraction of sp³-hybridized carbons (Fsp3) is 0.333. The number of aryl methyl sites for hydroxylation is 1. The van der Waals surface area contributed by atoms with E-state index in [0.29, 0.717) is 18.4 Å². The predicted octanol–water partition coefficient (Wildman–Crippen LogP) is 1.91. The molecule has 6 nitrogen and oxygen atoms in total. The van der Waals surface area contributed by atoms with Gasteiger partial charge in [-0.15, -0.1) is 0 Å². The Kier molecular flexibility index (Phi) is 4.11. The number of aromatic nitrogens is 4. The molecule has 0 fully saturated rings. The van der Waals surface area contributed by atoms with Crippen LogP contribution >= 0.6 is 11.6 Å². The quantitative estimate of drug-likeness (QED) is 0.921. The van der Waals surface area contributed by atoms with Gasteiger partial charge in [0.25, 0.3) is 0 Å². The number of hydrogen-bond donors (Lipinski definition) is 1. The zero-order chi connectivity index (χ0) is 13.8. The molecule has 2 aromatic heterocycles. The van der Waals surface area contributed by atoms with Gasteiger partial charge in [0, 0.05) is 33.0 Å². The lowest BCUT2D eigenvalue weighted by molar-refractivity contribution is 0.938. The Morgan fingerprint density at radius 3 is 2.74 bits per heavy atom. The first-order chi connectivity index (χ1) is 9.06. The molecule has 0 aliphatic heterocycles. The van der Waals surface area contributed by atoms with Crippen molar-refractivity contribution in [2.75, 3.05) is 24.3 Å². The molecule has 2 rings (SSSR count). The van der Waals surface area contributed by atoms with Crippen molar-refractivity contribution in [2.24, 2.45) is 0 Å². The summed E-state index contributed by atoms with van der Waals surface area (Å²) in [6, 6.07) is 1.96. The molecule has 0 aliphatic carbocycles. The fourth-order valence-corrected chi connectivity index (χ4v) is 1.63. The van der Waals surface area contributed by atoms with Gasteiger partial charge in [0.05, 0.1) is 0 Å². The standard InChI is InChI=1S/C12H15ClN6/c1-8-4-5-14-6-9(8)7-15-11-16-10(13)17-12(18-11)19(2)3/h4-6H,7H2,1-3H3,(H,15,16,17,18). The van der Waals surface area contributed by atoms with E-state index in [-0.39, 0.29) is 5.28 Å². The summed E-state index contributed by atoms with van der Waals surface area (Å²) < 4.78 is 0. The third-order valence-electron chi connectivity index (χ3n) is 2.58. The van der Waals surface area contributed by atoms with Crippen molar-refractivity contribution < 1.29 is 0 Å². The van der Waals surface area contributed by atoms with E-state index in [1.165, 1.54) is 0 Å². The molecule has 0 aromatic carbocycles. The number of nitrogens with zero attached hydrogens (tertiary/aromatic N) is 5. The van der Waals surface area contributed by atoms with Crippen LogP contribution < -0.4 is 10.2 Å². The van der Waals surface area contributed by atoms with Gasteiger partial charge in [-0.1, -0.05) is 0 Å². The minimum atomic E-state index is 0.170. The maximum atomic E-state index is 5.87. The Labute approximate surface area is 116 Å². The van der Waals surface area contributed by atoms with E-state index in [2.05, 4.69) is 25.3 Å². The highest BCUT2D eigenvalue weighted by Gasteiger charge is 2.07. The normalized spacial score (nSPS) is 10.3. The van der Waals surface area contributed by atoms with Crippen LogP contribution in [0.15, 0.2) is 18.5 Å². The Hall–Kier alpha value is -1.95. The first-order valence-corrected chi connectivity index (χ1v) is 6.16. The van der Waals surface area contributed by atoms with E-state index in [4.69, 9.17) is 11.6 Å². The van der Waals surface area contributed by atoms with E-state index in [0.717, 1.165) is 11.1 Å². The summed E-state index contributed by atoms with van der Waals surface area (Å²) >= 11 is 5.87. The number of halogens is 1. The summed E-state index contributed by atoms with van der Waals surface area (Å²) in [5.41, 5.74) is 2.25. The van der Waals surface area contributed by atoms with Crippen LogP contribution in [0.5, 0.6) is 0 Å². The minimum Gasteiger partial charge on any atom is -0.350 e. The summed E-state index contributed by atoms with van der Waals surface area (Å²) in [5, 5.41) is 3.30. The molecule has 0 bridgehead atoms. The smallest absolute Gasteiger partial charge is 0.230 e. The van der Waals surface area contributed by atoms with Gasteiger partial charge in [0.1, 0.15) is 0 Å². The third-order valence-corrected chi connectivity index (χ3v) is 2.75. The molecule has 0 spiro atoms. The molecule has 0 amide bonds. The topological polar surface area (TPSA) is 66.8 Å². The van der Waals surface area contributed by atoms with Crippen molar-refractivity contribution in [2.45, 2.75) is 13.5 Å². The van der Waals surface area contributed by atoms with Crippen LogP contribution in [0.3, 0.4) is 0 Å².